The van der Waals surface area contributed by atoms with E-state index in [9.17, 15) is 13.2 Å². The molecule has 2 rings (SSSR count). The highest BCUT2D eigenvalue weighted by Gasteiger charge is 2.37. The summed E-state index contributed by atoms with van der Waals surface area (Å²) in [6.45, 7) is 0.349. The van der Waals surface area contributed by atoms with E-state index in [-0.39, 0.29) is 24.7 Å². The Morgan fingerprint density at radius 2 is 2.21 bits per heavy atom. The predicted octanol–water partition coefficient (Wildman–Crippen LogP) is 0.324. The van der Waals surface area contributed by atoms with Gasteiger partial charge in [-0.25, -0.2) is 8.42 Å². The van der Waals surface area contributed by atoms with Crippen molar-refractivity contribution in [1.82, 2.24) is 4.31 Å². The number of morpholine rings is 1. The molecule has 0 saturated carbocycles. The van der Waals surface area contributed by atoms with Gasteiger partial charge in [0.1, 0.15) is 6.04 Å². The molecule has 0 aliphatic carbocycles. The molecule has 1 fully saturated rings. The molecule has 2 N–H and O–H groups in total. The third-order valence-electron chi connectivity index (χ3n) is 2.81. The van der Waals surface area contributed by atoms with Crippen molar-refractivity contribution in [3.05, 3.63) is 28.7 Å². The Bertz CT molecular complexity index is 590. The highest BCUT2D eigenvalue weighted by atomic mass is 79.9. The Morgan fingerprint density at radius 3 is 2.84 bits per heavy atom. The van der Waals surface area contributed by atoms with Crippen LogP contribution in [0.2, 0.25) is 0 Å². The van der Waals surface area contributed by atoms with Gasteiger partial charge >= 0.3 is 0 Å². The van der Waals surface area contributed by atoms with Gasteiger partial charge in [0.05, 0.1) is 18.1 Å². The standard InChI is InChI=1S/C11H13BrN2O4S/c12-8-2-1-3-9(6-8)19(16,17)14-4-5-18-7-10(14)11(13)15/h1-3,6,10H,4-5,7H2,(H2,13,15). The second-order valence-electron chi connectivity index (χ2n) is 4.07. The molecule has 1 aromatic carbocycles. The summed E-state index contributed by atoms with van der Waals surface area (Å²) >= 11 is 3.22. The van der Waals surface area contributed by atoms with Gasteiger partial charge in [-0.3, -0.25) is 4.79 Å². The van der Waals surface area contributed by atoms with E-state index < -0.39 is 22.0 Å². The fourth-order valence-corrected chi connectivity index (χ4v) is 4.03. The van der Waals surface area contributed by atoms with Crippen molar-refractivity contribution in [2.45, 2.75) is 10.9 Å². The van der Waals surface area contributed by atoms with Gasteiger partial charge in [0.15, 0.2) is 0 Å². The van der Waals surface area contributed by atoms with Crippen LogP contribution in [0, 0.1) is 0 Å². The van der Waals surface area contributed by atoms with Crippen molar-refractivity contribution in [3.63, 3.8) is 0 Å². The average molecular weight is 349 g/mol. The van der Waals surface area contributed by atoms with Crippen LogP contribution in [-0.2, 0) is 19.6 Å². The number of halogens is 1. The summed E-state index contributed by atoms with van der Waals surface area (Å²) < 4.78 is 31.9. The number of nitrogens with zero attached hydrogens (tertiary/aromatic N) is 1. The first-order valence-corrected chi connectivity index (χ1v) is 7.80. The number of sulfonamides is 1. The van der Waals surface area contributed by atoms with Crippen LogP contribution in [-0.4, -0.2) is 44.4 Å². The van der Waals surface area contributed by atoms with E-state index in [0.29, 0.717) is 4.47 Å². The quantitative estimate of drug-likeness (QED) is 0.851. The van der Waals surface area contributed by atoms with Crippen LogP contribution < -0.4 is 5.73 Å². The maximum atomic E-state index is 12.5. The average Bonchev–Trinajstić information content (AvgIpc) is 2.38. The molecule has 1 aliphatic heterocycles. The minimum Gasteiger partial charge on any atom is -0.378 e. The first-order chi connectivity index (χ1) is 8.93. The molecular weight excluding hydrogens is 336 g/mol. The Hall–Kier alpha value is -0.960. The highest BCUT2D eigenvalue weighted by molar-refractivity contribution is 9.10. The molecule has 1 atom stereocenters. The minimum atomic E-state index is -3.76. The lowest BCUT2D eigenvalue weighted by Gasteiger charge is -2.32. The number of ether oxygens (including phenoxy) is 1. The van der Waals surface area contributed by atoms with Crippen LogP contribution >= 0.6 is 15.9 Å². The SMILES string of the molecule is NC(=O)C1COCCN1S(=O)(=O)c1cccc(Br)c1. The van der Waals surface area contributed by atoms with Crippen molar-refractivity contribution >= 4 is 31.9 Å². The second-order valence-corrected chi connectivity index (χ2v) is 6.87. The summed E-state index contributed by atoms with van der Waals surface area (Å²) in [6.07, 6.45) is 0. The number of benzene rings is 1. The predicted molar refractivity (Wildman–Crippen MR) is 71.8 cm³/mol. The van der Waals surface area contributed by atoms with Gasteiger partial charge in [-0.05, 0) is 18.2 Å². The van der Waals surface area contributed by atoms with E-state index in [4.69, 9.17) is 10.5 Å². The molecule has 1 amide bonds. The van der Waals surface area contributed by atoms with Crippen LogP contribution in [0.3, 0.4) is 0 Å². The molecule has 8 heteroatoms. The molecule has 1 aliphatic rings. The van der Waals surface area contributed by atoms with Gasteiger partial charge in [0.2, 0.25) is 15.9 Å². The number of primary amides is 1. The van der Waals surface area contributed by atoms with Gasteiger partial charge in [0, 0.05) is 11.0 Å². The molecule has 0 bridgehead atoms. The number of hydrogen-bond acceptors (Lipinski definition) is 4. The fourth-order valence-electron chi connectivity index (χ4n) is 1.86. The number of rotatable bonds is 3. The number of hydrogen-bond donors (Lipinski definition) is 1. The van der Waals surface area contributed by atoms with Crippen LogP contribution in [0.5, 0.6) is 0 Å². The number of nitrogens with two attached hydrogens (primary N) is 1. The van der Waals surface area contributed by atoms with Gasteiger partial charge in [0.25, 0.3) is 0 Å². The molecule has 0 aromatic heterocycles. The molecule has 1 unspecified atom stereocenters. The lowest BCUT2D eigenvalue weighted by Crippen LogP contribution is -2.54. The smallest absolute Gasteiger partial charge is 0.244 e. The summed E-state index contributed by atoms with van der Waals surface area (Å²) in [7, 11) is -3.76. The van der Waals surface area contributed by atoms with Gasteiger partial charge in [-0.1, -0.05) is 22.0 Å². The van der Waals surface area contributed by atoms with Crippen LogP contribution in [0.15, 0.2) is 33.6 Å². The molecule has 19 heavy (non-hydrogen) atoms. The Balaban J connectivity index is 2.40. The summed E-state index contributed by atoms with van der Waals surface area (Å²) in [4.78, 5) is 11.5. The first kappa shape index (κ1) is 14.4. The van der Waals surface area contributed by atoms with E-state index >= 15 is 0 Å². The third-order valence-corrected chi connectivity index (χ3v) is 5.21. The highest BCUT2D eigenvalue weighted by Crippen LogP contribution is 2.23. The zero-order valence-electron chi connectivity index (χ0n) is 9.95. The number of amides is 1. The maximum Gasteiger partial charge on any atom is 0.244 e. The van der Waals surface area contributed by atoms with Crippen molar-refractivity contribution < 1.29 is 17.9 Å². The number of carbonyl (C=O) groups is 1. The summed E-state index contributed by atoms with van der Waals surface area (Å²) in [5, 5.41) is 0. The van der Waals surface area contributed by atoms with Crippen LogP contribution in [0.25, 0.3) is 0 Å². The van der Waals surface area contributed by atoms with Crippen molar-refractivity contribution in [3.8, 4) is 0 Å². The van der Waals surface area contributed by atoms with E-state index in [1.807, 2.05) is 0 Å². The molecule has 1 heterocycles. The van der Waals surface area contributed by atoms with Gasteiger partial charge in [-0.15, -0.1) is 0 Å². The Labute approximate surface area is 119 Å². The maximum absolute atomic E-state index is 12.5. The third kappa shape index (κ3) is 2.97. The molecule has 1 aromatic rings. The van der Waals surface area contributed by atoms with Gasteiger partial charge in [-0.2, -0.15) is 4.31 Å². The minimum absolute atomic E-state index is 0.0113. The lowest BCUT2D eigenvalue weighted by atomic mass is 10.3. The van der Waals surface area contributed by atoms with Crippen molar-refractivity contribution in [1.29, 1.82) is 0 Å². The summed E-state index contributed by atoms with van der Waals surface area (Å²) in [5.41, 5.74) is 5.23. The van der Waals surface area contributed by atoms with E-state index in [0.717, 1.165) is 4.31 Å². The molecule has 104 valence electrons. The normalized spacial score (nSPS) is 21.2. The summed E-state index contributed by atoms with van der Waals surface area (Å²) in [6, 6.07) is 5.36. The lowest BCUT2D eigenvalue weighted by molar-refractivity contribution is -0.125. The van der Waals surface area contributed by atoms with E-state index in [1.54, 1.807) is 12.1 Å². The van der Waals surface area contributed by atoms with E-state index in [2.05, 4.69) is 15.9 Å². The Kier molecular flexibility index (Phi) is 4.24. The van der Waals surface area contributed by atoms with Crippen LogP contribution in [0.4, 0.5) is 0 Å². The topological polar surface area (TPSA) is 89.7 Å². The monoisotopic (exact) mass is 348 g/mol. The molecular formula is C11H13BrN2O4S. The van der Waals surface area contributed by atoms with Crippen LogP contribution in [0.1, 0.15) is 0 Å². The zero-order chi connectivity index (χ0) is 14.0. The van der Waals surface area contributed by atoms with Crippen molar-refractivity contribution in [2.24, 2.45) is 5.73 Å². The molecule has 0 radical (unpaired) electrons. The molecule has 1 saturated heterocycles. The second kappa shape index (κ2) is 5.58. The zero-order valence-corrected chi connectivity index (χ0v) is 12.4. The molecule has 6 nitrogen and oxygen atoms in total. The first-order valence-electron chi connectivity index (χ1n) is 5.57. The Morgan fingerprint density at radius 1 is 1.47 bits per heavy atom. The fraction of sp³-hybridized carbons (Fsp3) is 0.364. The largest absolute Gasteiger partial charge is 0.378 e. The molecule has 0 spiro atoms. The van der Waals surface area contributed by atoms with E-state index in [1.165, 1.54) is 12.1 Å². The van der Waals surface area contributed by atoms with Gasteiger partial charge < -0.3 is 10.5 Å². The van der Waals surface area contributed by atoms with Crippen molar-refractivity contribution in [2.75, 3.05) is 19.8 Å². The summed E-state index contributed by atoms with van der Waals surface area (Å²) in [5.74, 6) is -0.710. The number of carbonyl (C=O) groups excluding carboxylic acids is 1.